The van der Waals surface area contributed by atoms with Crippen LogP contribution >= 0.6 is 0 Å². The smallest absolute Gasteiger partial charge is 0.400 e. The first-order chi connectivity index (χ1) is 61.8. The van der Waals surface area contributed by atoms with Crippen molar-refractivity contribution in [3.63, 3.8) is 0 Å². The van der Waals surface area contributed by atoms with Crippen molar-refractivity contribution in [2.45, 2.75) is 539 Å². The van der Waals surface area contributed by atoms with Crippen LogP contribution in [0.1, 0.15) is 429 Å². The maximum absolute atomic E-state index is 13.4. The Morgan fingerprint density at radius 1 is 0.257 bits per heavy atom. The number of hydrogen-bond acceptors (Lipinski definition) is 16. The van der Waals surface area contributed by atoms with Crippen LogP contribution in [0.4, 0.5) is 79.0 Å². The van der Waals surface area contributed by atoms with Gasteiger partial charge in [0.1, 0.15) is 32.5 Å². The van der Waals surface area contributed by atoms with Gasteiger partial charge in [0, 0.05) is 66.5 Å². The summed E-state index contributed by atoms with van der Waals surface area (Å²) in [5, 5.41) is 117. The lowest BCUT2D eigenvalue weighted by Crippen LogP contribution is -2.76. The summed E-state index contributed by atoms with van der Waals surface area (Å²) >= 11 is 0. The maximum atomic E-state index is 13.4. The van der Waals surface area contributed by atoms with Crippen LogP contribution in [0.3, 0.4) is 0 Å². The molecule has 0 aromatic heterocycles. The minimum absolute atomic E-state index is 0. The lowest BCUT2D eigenvalue weighted by molar-refractivity contribution is -0.265. The highest BCUT2D eigenvalue weighted by Crippen LogP contribution is 2.68. The van der Waals surface area contributed by atoms with Crippen molar-refractivity contribution in [3.05, 3.63) is 0 Å². The minimum Gasteiger partial charge on any atom is -0.400 e. The molecule has 22 fully saturated rings. The molecule has 22 aliphatic rings. The average molecular weight is 2170 g/mol. The van der Waals surface area contributed by atoms with Crippen LogP contribution in [-0.4, -0.2) is 193 Å². The summed E-state index contributed by atoms with van der Waals surface area (Å²) in [5.41, 5.74) is -28.0. The van der Waals surface area contributed by atoms with Gasteiger partial charge in [0.05, 0.1) is 62.2 Å². The van der Waals surface area contributed by atoms with Gasteiger partial charge in [0.25, 0.3) is 0 Å². The molecule has 0 radical (unpaired) electrons. The molecule has 6 amide bonds. The van der Waals surface area contributed by atoms with Gasteiger partial charge in [-0.15, -0.1) is 0 Å². The van der Waals surface area contributed by atoms with Crippen LogP contribution in [0.25, 0.3) is 0 Å². The van der Waals surface area contributed by atoms with Crippen molar-refractivity contribution in [1.82, 2.24) is 31.9 Å². The fourth-order valence-electron chi connectivity index (χ4n) is 30.2. The van der Waals surface area contributed by atoms with Crippen molar-refractivity contribution >= 4 is 35.4 Å². The zero-order valence-corrected chi connectivity index (χ0v) is 80.2. The summed E-state index contributed by atoms with van der Waals surface area (Å²) < 4.78 is 239. The number of aliphatic hydroxyl groups excluding tert-OH is 1. The minimum atomic E-state index is -4.71. The quantitative estimate of drug-likeness (QED) is 0.0567. The first-order valence-electron chi connectivity index (χ1n) is 48.5. The van der Waals surface area contributed by atoms with E-state index < -0.39 is 189 Å². The van der Waals surface area contributed by atoms with E-state index in [4.69, 9.17) is 5.11 Å². The van der Waals surface area contributed by atoms with E-state index in [2.05, 4.69) is 44.0 Å². The van der Waals surface area contributed by atoms with Crippen LogP contribution in [0.15, 0.2) is 0 Å². The van der Waals surface area contributed by atoms with E-state index in [0.717, 1.165) is 119 Å². The van der Waals surface area contributed by atoms with Crippen LogP contribution in [0, 0.1) is 113 Å². The van der Waals surface area contributed by atoms with Crippen LogP contribution in [-0.2, 0) is 28.8 Å². The van der Waals surface area contributed by atoms with Crippen LogP contribution in [0.5, 0.6) is 0 Å². The Labute approximate surface area is 871 Å². The fourth-order valence-corrected chi connectivity index (χ4v) is 30.2. The third kappa shape index (κ3) is 27.2. The number of carbonyl (C=O) groups excluding carboxylic acids is 6. The van der Waals surface area contributed by atoms with Gasteiger partial charge >= 0.3 is 37.1 Å². The lowest BCUT2D eigenvalue weighted by atomic mass is 9.45. The number of rotatable bonds is 18. The normalized spacial score (nSPS) is 38.6. The Morgan fingerprint density at radius 2 is 0.480 bits per heavy atom. The summed E-state index contributed by atoms with van der Waals surface area (Å²) in [7, 11) is 1.00. The molecule has 0 aromatic carbocycles. The third-order valence-electron chi connectivity index (χ3n) is 36.5. The van der Waals surface area contributed by atoms with Crippen molar-refractivity contribution < 1.29 is 149 Å². The topological polar surface area (TPSA) is 384 Å². The van der Waals surface area contributed by atoms with Gasteiger partial charge in [-0.3, -0.25) is 28.8 Å². The van der Waals surface area contributed by atoms with Crippen LogP contribution in [0.2, 0.25) is 0 Å². The van der Waals surface area contributed by atoms with Gasteiger partial charge in [-0.2, -0.15) is 89.6 Å². The zero-order valence-electron chi connectivity index (χ0n) is 80.2. The molecular weight excluding hydrogens is 1980 g/mol. The number of fused-ring (bicyclic) bond motifs is 2. The molecule has 0 heterocycles. The molecule has 0 aliphatic heterocycles. The van der Waals surface area contributed by atoms with Gasteiger partial charge < -0.3 is 72.8 Å². The predicted molar refractivity (Wildman–Crippen MR) is 538 cm³/mol. The van der Waals surface area contributed by atoms with Crippen molar-refractivity contribution in [2.24, 2.45) is 90.7 Å². The van der Waals surface area contributed by atoms with Gasteiger partial charge in [-0.05, 0) is 314 Å². The molecule has 22 rings (SSSR count). The number of carbonyl (C=O) groups is 6. The van der Waals surface area contributed by atoms with E-state index in [1.807, 2.05) is 0 Å². The Morgan fingerprint density at radius 3 is 0.743 bits per heavy atom. The zero-order chi connectivity index (χ0) is 103. The molecular formula is C108H190F18N8O14. The molecule has 22 aliphatic carbocycles. The molecule has 40 heteroatoms. The molecule has 22 saturated carbocycles. The lowest BCUT2D eigenvalue weighted by Gasteiger charge is -2.66. The van der Waals surface area contributed by atoms with Gasteiger partial charge in [-0.25, -0.2) is 0 Å². The molecule has 22 bridgehead atoms. The van der Waals surface area contributed by atoms with Crippen molar-refractivity contribution in [1.29, 1.82) is 10.5 Å². The number of hydrogen-bond donors (Lipinski definition) is 14. The second-order valence-electron chi connectivity index (χ2n) is 47.9. The van der Waals surface area contributed by atoms with Crippen molar-refractivity contribution in [3.8, 4) is 12.1 Å². The molecule has 0 aromatic rings. The number of nitrogens with zero attached hydrogens (tertiary/aromatic N) is 2. The largest absolute Gasteiger partial charge is 0.402 e. The molecule has 148 heavy (non-hydrogen) atoms. The first kappa shape index (κ1) is 144. The molecule has 872 valence electrons. The third-order valence-corrected chi connectivity index (χ3v) is 36.5. The highest BCUT2D eigenvalue weighted by molar-refractivity contribution is 5.87. The predicted octanol–water partition coefficient (Wildman–Crippen LogP) is 24.4. The maximum Gasteiger partial charge on any atom is 0.402 e. The number of amides is 6. The SMILES string of the molecule is C.C.C.C.C.C.C.C.C.C.C.C.CCC(C)(C(=O)NC12CC3(O)CC(O)(CC(O)(C3)C1)C2)C(F)(F)F.CCC(C)(C(=O)NC12CC3CC(CC(C#N)(C3)C1)C2)C(F)(F)F.CCC(C)(C(=O)NC12CC3CC(CC(O)(C3)C1)C2)C(F)(F)F.CCC(C)(C(=O)NC12CC3CC(O)(CC(C#N)(C3)C1)C2)C(F)(F)F.CCC(C)(C(=O)NC12CC3CC(O)(CC(O)(C3)C1)C2)C(F)(F)F.CCC(C)(C(=O)NC1CC2CCC1C2)C(F)(F)F.CO. The average Bonchev–Trinajstić information content (AvgIpc) is 0.844. The number of alkyl halides is 18. The van der Waals surface area contributed by atoms with E-state index in [-0.39, 0.29) is 203 Å². The molecule has 0 spiro atoms. The number of nitriles is 2. The van der Waals surface area contributed by atoms with E-state index >= 15 is 0 Å². The van der Waals surface area contributed by atoms with Gasteiger partial charge in [0.15, 0.2) is 0 Å². The van der Waals surface area contributed by atoms with Gasteiger partial charge in [-0.1, -0.05) is 137 Å². The molecule has 0 saturated heterocycles. The fraction of sp³-hybridized carbons (Fsp3) is 0.926. The summed E-state index contributed by atoms with van der Waals surface area (Å²) in [4.78, 5) is 74.3. The molecule has 19 unspecified atom stereocenters. The van der Waals surface area contributed by atoms with Crippen LogP contribution < -0.4 is 31.9 Å². The first-order valence-corrected chi connectivity index (χ1v) is 48.5. The second-order valence-corrected chi connectivity index (χ2v) is 47.9. The highest BCUT2D eigenvalue weighted by atomic mass is 19.4. The van der Waals surface area contributed by atoms with E-state index in [1.54, 1.807) is 0 Å². The molecule has 14 N–H and O–H groups in total. The van der Waals surface area contributed by atoms with E-state index in [0.29, 0.717) is 113 Å². The monoisotopic (exact) mass is 2170 g/mol. The standard InChI is InChI=1S/C17H23F3N2O2.C17H23F3N2O.C16H24F3NO4.C16H24F3NO3.C16H24F3NO2.C13H20F3NO.CH4O.12CH4/c1-3-13(2,17(18,19)20)12(23)22-15-5-11-4-14(7-15,10-21)8-16(24,6-11)9-15;1-3-14(2,17(18,19)20)13(23)22-16-7-11-4-12(8-16)6-15(5-11,9-16)10-21;1-3-11(2,16(17,18)19)10(21)20-12-4-13(22)7-14(23,5-12)9-15(24,6-12)8-13;1-3-12(2,16(17,18)19)11(21)20-13-4-10-5-14(22,7-13)9-15(23,6-10)8-13;1-3-13(2,16(17,18)19)12(21)20-14-5-10-4-11(6-14)8-15(22,7-10)9-14;1-3-12(2,13(14,15)16)11(18)17-10-7-8-4-5-9(10)6-8;1-2;;;;;;;;;;;;/h11,24H,3-9H2,1-2H3,(H,22,23);11-12H,3-9H2,1-2H3,(H,22,23);22-24H,3-9H2,1-2H3,(H,20,21);10,22-23H,3-9H2,1-2H3,(H,20,21);10-11,22H,3-9H2,1-2H3,(H,20,21);8-10H,3-7H2,1-2H3,(H,17,18);2H,1H3;12*1H4. The molecule has 19 atom stereocenters. The summed E-state index contributed by atoms with van der Waals surface area (Å²) in [6.07, 6.45) is -11.0. The number of aliphatic hydroxyl groups is 8. The van der Waals surface area contributed by atoms with E-state index in [9.17, 15) is 154 Å². The second kappa shape index (κ2) is 46.9. The van der Waals surface area contributed by atoms with E-state index in [1.165, 1.54) is 48.0 Å². The van der Waals surface area contributed by atoms with Gasteiger partial charge in [0.2, 0.25) is 35.4 Å². The Hall–Kier alpha value is -5.78. The Balaban J connectivity index is 0. The molecule has 22 nitrogen and oxygen atoms in total. The Kier molecular flexibility index (Phi) is 45.7. The number of nitrogens with one attached hydrogen (secondary N) is 6. The summed E-state index contributed by atoms with van der Waals surface area (Å²) in [5.74, 6) is -3.50. The highest BCUT2D eigenvalue weighted by Gasteiger charge is 2.73. The summed E-state index contributed by atoms with van der Waals surface area (Å²) in [6, 6.07) is 4.66. The summed E-state index contributed by atoms with van der Waals surface area (Å²) in [6.45, 7) is 13.8. The Bertz CT molecular complexity index is 4460. The number of halogens is 18. The van der Waals surface area contributed by atoms with Crippen molar-refractivity contribution in [2.75, 3.05) is 7.11 Å².